The van der Waals surface area contributed by atoms with Crippen LogP contribution in [0, 0.1) is 0 Å². The number of para-hydroxylation sites is 2. The Morgan fingerprint density at radius 2 is 1.63 bits per heavy atom. The van der Waals surface area contributed by atoms with Crippen molar-refractivity contribution in [2.45, 2.75) is 67.7 Å². The van der Waals surface area contributed by atoms with E-state index in [0.717, 1.165) is 16.4 Å². The lowest BCUT2D eigenvalue weighted by Crippen LogP contribution is -2.45. The van der Waals surface area contributed by atoms with Crippen LogP contribution in [0.25, 0.3) is 11.0 Å². The predicted molar refractivity (Wildman–Crippen MR) is 175 cm³/mol. The fourth-order valence-corrected chi connectivity index (χ4v) is 9.17. The number of H-pyrrole nitrogens is 1. The molecule has 0 spiro atoms. The Balaban J connectivity index is 0.000000755. The van der Waals surface area contributed by atoms with Crippen LogP contribution in [0.5, 0.6) is 0 Å². The van der Waals surface area contributed by atoms with Crippen molar-refractivity contribution in [3.8, 4) is 0 Å². The number of halogens is 7. The summed E-state index contributed by atoms with van der Waals surface area (Å²) >= 11 is 2.83. The molecule has 1 aliphatic heterocycles. The summed E-state index contributed by atoms with van der Waals surface area (Å²) in [6.45, 7) is 4.93. The summed E-state index contributed by atoms with van der Waals surface area (Å²) in [5.41, 5.74) is 0.125. The molecule has 4 aromatic rings. The molecule has 0 bridgehead atoms. The lowest BCUT2D eigenvalue weighted by Gasteiger charge is -2.30. The molecule has 0 aliphatic carbocycles. The van der Waals surface area contributed by atoms with Crippen molar-refractivity contribution in [1.29, 1.82) is 0 Å². The minimum Gasteiger partial charge on any atom is -0.475 e. The highest BCUT2D eigenvalue weighted by atomic mass is 79.9. The largest absolute Gasteiger partial charge is 0.490 e. The van der Waals surface area contributed by atoms with Gasteiger partial charge in [-0.1, -0.05) is 52.3 Å². The van der Waals surface area contributed by atoms with E-state index in [1.165, 1.54) is 0 Å². The molecule has 2 atom stereocenters. The molecule has 3 N–H and O–H groups in total. The molecular formula is C31H29BrF6N4O7S2. The summed E-state index contributed by atoms with van der Waals surface area (Å²) in [7, 11) is -8.44. The number of hydrogen-bond donors (Lipinski definition) is 3. The van der Waals surface area contributed by atoms with Gasteiger partial charge in [-0.25, -0.2) is 35.6 Å². The summed E-state index contributed by atoms with van der Waals surface area (Å²) in [5.74, 6) is -3.02. The number of carboxylic acids is 1. The molecule has 2 heterocycles. The molecule has 0 saturated carbocycles. The quantitative estimate of drug-likeness (QED) is 0.175. The number of nitrogens with zero attached hydrogens (tertiary/aromatic N) is 2. The molecule has 0 radical (unpaired) electrons. The lowest BCUT2D eigenvalue weighted by molar-refractivity contribution is -0.192. The molecule has 5 rings (SSSR count). The van der Waals surface area contributed by atoms with E-state index in [-0.39, 0.29) is 23.1 Å². The fourth-order valence-electron chi connectivity index (χ4n) is 5.24. The number of aliphatic carboxylic acids is 1. The maximum atomic E-state index is 13.5. The summed E-state index contributed by atoms with van der Waals surface area (Å²) < 4.78 is 129. The van der Waals surface area contributed by atoms with Gasteiger partial charge in [0, 0.05) is 4.47 Å². The summed E-state index contributed by atoms with van der Waals surface area (Å²) in [6, 6.07) is 15.0. The van der Waals surface area contributed by atoms with Crippen LogP contribution in [0.1, 0.15) is 61.0 Å². The zero-order chi connectivity index (χ0) is 38.3. The van der Waals surface area contributed by atoms with E-state index in [1.54, 1.807) is 69.3 Å². The third-order valence-electron chi connectivity index (χ3n) is 7.43. The van der Waals surface area contributed by atoms with Crippen molar-refractivity contribution in [2.24, 2.45) is 0 Å². The Bertz CT molecular complexity index is 2130. The molecule has 51 heavy (non-hydrogen) atoms. The summed E-state index contributed by atoms with van der Waals surface area (Å²) in [6.07, 6.45) is -10.1. The minimum absolute atomic E-state index is 0.0203. The first-order valence-electron chi connectivity index (χ1n) is 14.6. The minimum atomic E-state index is -5.08. The Morgan fingerprint density at radius 3 is 2.14 bits per heavy atom. The second-order valence-corrected chi connectivity index (χ2v) is 16.8. The maximum Gasteiger partial charge on any atom is 0.490 e. The Hall–Kier alpha value is -4.01. The van der Waals surface area contributed by atoms with Gasteiger partial charge in [-0.15, -0.1) is 0 Å². The van der Waals surface area contributed by atoms with Gasteiger partial charge in [0.2, 0.25) is 26.0 Å². The average Bonchev–Trinajstić information content (AvgIpc) is 3.53. The molecule has 11 nitrogen and oxygen atoms in total. The van der Waals surface area contributed by atoms with Crippen molar-refractivity contribution in [3.63, 3.8) is 0 Å². The molecule has 1 aliphatic rings. The molecule has 20 heteroatoms. The van der Waals surface area contributed by atoms with Crippen LogP contribution in [0.3, 0.4) is 0 Å². The topological polar surface area (TPSA) is 167 Å². The number of carboxylic acid groups (broad SMARTS) is 1. The summed E-state index contributed by atoms with van der Waals surface area (Å²) in [5, 5.41) is 6.06. The molecule has 276 valence electrons. The molecule has 1 amide bonds. The number of aromatic nitrogens is 2. The Morgan fingerprint density at radius 1 is 1.04 bits per heavy atom. The van der Waals surface area contributed by atoms with E-state index in [4.69, 9.17) is 9.90 Å². The number of alkyl halides is 6. The third kappa shape index (κ3) is 9.08. The van der Waals surface area contributed by atoms with Gasteiger partial charge in [-0.05, 0) is 68.7 Å². The van der Waals surface area contributed by atoms with Gasteiger partial charge >= 0.3 is 18.3 Å². The Kier molecular flexibility index (Phi) is 11.1. The first-order chi connectivity index (χ1) is 23.3. The van der Waals surface area contributed by atoms with Gasteiger partial charge in [0.15, 0.2) is 0 Å². The van der Waals surface area contributed by atoms with Crippen molar-refractivity contribution >= 4 is 58.9 Å². The Labute approximate surface area is 296 Å². The van der Waals surface area contributed by atoms with Crippen molar-refractivity contribution in [2.75, 3.05) is 0 Å². The number of imidazole rings is 1. The van der Waals surface area contributed by atoms with Gasteiger partial charge in [0.05, 0.1) is 39.5 Å². The van der Waals surface area contributed by atoms with Gasteiger partial charge in [0.1, 0.15) is 11.1 Å². The second kappa shape index (κ2) is 14.2. The zero-order valence-corrected chi connectivity index (χ0v) is 29.9. The molecule has 1 saturated heterocycles. The first kappa shape index (κ1) is 39.8. The van der Waals surface area contributed by atoms with Gasteiger partial charge < -0.3 is 10.1 Å². The van der Waals surface area contributed by atoms with Crippen LogP contribution in [0.4, 0.5) is 26.3 Å². The zero-order valence-electron chi connectivity index (χ0n) is 26.7. The molecule has 1 aromatic heterocycles. The van der Waals surface area contributed by atoms with Crippen LogP contribution in [0.15, 0.2) is 76.1 Å². The van der Waals surface area contributed by atoms with Crippen LogP contribution in [-0.2, 0) is 42.2 Å². The number of nitrogens with one attached hydrogen (secondary N) is 2. The lowest BCUT2D eigenvalue weighted by atomic mass is 10.0. The monoisotopic (exact) mass is 826 g/mol. The second-order valence-electron chi connectivity index (χ2n) is 12.3. The third-order valence-corrected chi connectivity index (χ3v) is 12.0. The number of fused-ring (bicyclic) bond motifs is 1. The maximum absolute atomic E-state index is 13.5. The van der Waals surface area contributed by atoms with E-state index < -0.39 is 71.6 Å². The van der Waals surface area contributed by atoms with E-state index in [9.17, 15) is 48.0 Å². The van der Waals surface area contributed by atoms with E-state index in [1.807, 2.05) is 0 Å². The number of aromatic amines is 1. The molecule has 1 unspecified atom stereocenters. The average molecular weight is 828 g/mol. The number of carbonyl (C=O) groups is 2. The van der Waals surface area contributed by atoms with Gasteiger partial charge in [-0.2, -0.15) is 26.3 Å². The van der Waals surface area contributed by atoms with E-state index in [2.05, 4.69) is 30.6 Å². The van der Waals surface area contributed by atoms with Crippen LogP contribution in [0.2, 0.25) is 0 Å². The number of hydrogen-bond acceptors (Lipinski definition) is 7. The van der Waals surface area contributed by atoms with Gasteiger partial charge in [0.25, 0.3) is 0 Å². The first-order valence-corrected chi connectivity index (χ1v) is 18.4. The van der Waals surface area contributed by atoms with Gasteiger partial charge in [-0.3, -0.25) is 4.79 Å². The summed E-state index contributed by atoms with van der Waals surface area (Å²) in [4.78, 5) is 28.5. The predicted octanol–water partition coefficient (Wildman–Crippen LogP) is 6.64. The normalized spacial score (nSPS) is 17.3. The highest BCUT2D eigenvalue weighted by Crippen LogP contribution is 2.40. The number of amides is 1. The highest BCUT2D eigenvalue weighted by Gasteiger charge is 2.49. The highest BCUT2D eigenvalue weighted by molar-refractivity contribution is 9.10. The van der Waals surface area contributed by atoms with Crippen LogP contribution in [-0.4, -0.2) is 59.8 Å². The molecule has 1 fully saturated rings. The van der Waals surface area contributed by atoms with Crippen LogP contribution < -0.4 is 4.72 Å². The van der Waals surface area contributed by atoms with Crippen molar-refractivity contribution < 1.29 is 57.9 Å². The number of benzene rings is 3. The fraction of sp³-hybridized carbons (Fsp3) is 0.323. The standard InChI is InChI=1S/C29H28BrF3N4O5S2.C2HF3O2/c1-28(2,3)37-26(38)16-25(44(37,41)42)18-10-8-17(9-11-18)14-24(27-34-22-6-4-5-7-23(22)35-27)36-43(39,40)19-12-13-21(30)20(15-19)29(31,32)33;3-2(4,5)1(6)7/h4-13,15,24-25,36H,14,16H2,1-3H3,(H,34,35);(H,6,7)/t24-,25?;/m0./s1. The molecule has 3 aromatic carbocycles. The van der Waals surface area contributed by atoms with Crippen LogP contribution >= 0.6 is 15.9 Å². The number of rotatable bonds is 7. The smallest absolute Gasteiger partial charge is 0.475 e. The number of carbonyl (C=O) groups excluding carboxylic acids is 1. The number of sulfonamides is 2. The van der Waals surface area contributed by atoms with Crippen molar-refractivity contribution in [1.82, 2.24) is 19.0 Å². The van der Waals surface area contributed by atoms with E-state index in [0.29, 0.717) is 28.2 Å². The van der Waals surface area contributed by atoms with Crippen molar-refractivity contribution in [3.05, 3.63) is 93.7 Å². The SMILES string of the molecule is CC(C)(C)N1C(=O)CC(c2ccc(C[C@H](NS(=O)(=O)c3ccc(Br)c(C(F)(F)F)c3)c3nc4ccccc4[nH]3)cc2)S1(=O)=O.O=C(O)C(F)(F)F. The van der Waals surface area contributed by atoms with E-state index >= 15 is 0 Å². The molecular weight excluding hydrogens is 798 g/mol.